The summed E-state index contributed by atoms with van der Waals surface area (Å²) >= 11 is 4.94. The third kappa shape index (κ3) is 4.75. The van der Waals surface area contributed by atoms with Gasteiger partial charge in [0, 0.05) is 21.3 Å². The van der Waals surface area contributed by atoms with Crippen LogP contribution < -0.4 is 0 Å². The number of hydrogen-bond donors (Lipinski definition) is 2. The van der Waals surface area contributed by atoms with Crippen LogP contribution in [0.3, 0.4) is 0 Å². The van der Waals surface area contributed by atoms with E-state index < -0.39 is 18.0 Å². The van der Waals surface area contributed by atoms with Crippen LogP contribution in [0, 0.1) is 0 Å². The van der Waals surface area contributed by atoms with E-state index in [-0.39, 0.29) is 6.42 Å². The van der Waals surface area contributed by atoms with Crippen molar-refractivity contribution in [2.24, 2.45) is 0 Å². The molecule has 1 unspecified atom stereocenters. The van der Waals surface area contributed by atoms with E-state index in [4.69, 9.17) is 10.2 Å². The molecule has 0 bridgehead atoms. The maximum absolute atomic E-state index is 11.0. The summed E-state index contributed by atoms with van der Waals surface area (Å²) in [6.45, 7) is 0.511. The second-order valence-electron chi connectivity index (χ2n) is 3.91. The lowest BCUT2D eigenvalue weighted by Crippen LogP contribution is -2.41. The van der Waals surface area contributed by atoms with Gasteiger partial charge in [-0.25, -0.2) is 0 Å². The van der Waals surface area contributed by atoms with Crippen LogP contribution in [-0.4, -0.2) is 46.7 Å². The van der Waals surface area contributed by atoms with Gasteiger partial charge in [0.15, 0.2) is 0 Å². The predicted octanol–water partition coefficient (Wildman–Crippen LogP) is 1.91. The van der Waals surface area contributed by atoms with E-state index in [0.717, 1.165) is 9.35 Å². The fourth-order valence-electron chi connectivity index (χ4n) is 1.52. The maximum Gasteiger partial charge on any atom is 0.321 e. The largest absolute Gasteiger partial charge is 0.481 e. The highest BCUT2D eigenvalue weighted by molar-refractivity contribution is 9.10. The highest BCUT2D eigenvalue weighted by Gasteiger charge is 2.25. The predicted molar refractivity (Wildman–Crippen MR) is 72.0 cm³/mol. The van der Waals surface area contributed by atoms with Crippen molar-refractivity contribution in [1.29, 1.82) is 0 Å². The minimum Gasteiger partial charge on any atom is -0.481 e. The molecular weight excluding hydrogens is 322 g/mol. The minimum absolute atomic E-state index is 0.389. The monoisotopic (exact) mass is 335 g/mol. The van der Waals surface area contributed by atoms with Gasteiger partial charge in [0.05, 0.1) is 6.42 Å². The van der Waals surface area contributed by atoms with E-state index in [1.165, 1.54) is 0 Å². The van der Waals surface area contributed by atoms with Crippen LogP contribution in [0.5, 0.6) is 0 Å². The van der Waals surface area contributed by atoms with Crippen LogP contribution in [0.25, 0.3) is 0 Å². The SMILES string of the molecule is CN(CCc1cc(Br)cs1)C(CC(=O)O)C(=O)O. The lowest BCUT2D eigenvalue weighted by molar-refractivity contribution is -0.149. The second kappa shape index (κ2) is 6.86. The van der Waals surface area contributed by atoms with Crippen LogP contribution in [0.15, 0.2) is 15.9 Å². The van der Waals surface area contributed by atoms with Crippen LogP contribution in [0.4, 0.5) is 0 Å². The molecule has 7 heteroatoms. The van der Waals surface area contributed by atoms with E-state index in [1.54, 1.807) is 23.3 Å². The molecule has 0 spiro atoms. The first-order chi connectivity index (χ1) is 8.40. The van der Waals surface area contributed by atoms with Crippen molar-refractivity contribution in [2.45, 2.75) is 18.9 Å². The van der Waals surface area contributed by atoms with Crippen LogP contribution in [0.1, 0.15) is 11.3 Å². The molecule has 1 atom stereocenters. The van der Waals surface area contributed by atoms with Gasteiger partial charge >= 0.3 is 11.9 Å². The Hall–Kier alpha value is -0.920. The molecular formula is C11H14BrNO4S. The zero-order chi connectivity index (χ0) is 13.7. The minimum atomic E-state index is -1.10. The molecule has 2 N–H and O–H groups in total. The standard InChI is InChI=1S/C11H14BrNO4S/c1-13(9(11(16)17)5-10(14)15)3-2-8-4-7(12)6-18-8/h4,6,9H,2-3,5H2,1H3,(H,14,15)(H,16,17). The zero-order valence-corrected chi connectivity index (χ0v) is 12.2. The molecule has 100 valence electrons. The Labute approximate surface area is 117 Å². The molecule has 0 amide bonds. The van der Waals surface area contributed by atoms with Gasteiger partial charge in [0.1, 0.15) is 6.04 Å². The molecule has 0 aliphatic rings. The molecule has 0 aromatic carbocycles. The van der Waals surface area contributed by atoms with Gasteiger partial charge in [-0.1, -0.05) is 0 Å². The Kier molecular flexibility index (Phi) is 5.77. The van der Waals surface area contributed by atoms with Crippen molar-refractivity contribution in [3.8, 4) is 0 Å². The summed E-state index contributed by atoms with van der Waals surface area (Å²) in [6.07, 6.45) is 0.316. The van der Waals surface area contributed by atoms with Crippen LogP contribution in [-0.2, 0) is 16.0 Å². The molecule has 0 saturated carbocycles. The van der Waals surface area contributed by atoms with E-state index in [2.05, 4.69) is 15.9 Å². The van der Waals surface area contributed by atoms with Gasteiger partial charge in [0.2, 0.25) is 0 Å². The molecule has 1 rings (SSSR count). The first-order valence-electron chi connectivity index (χ1n) is 5.28. The van der Waals surface area contributed by atoms with Crippen molar-refractivity contribution < 1.29 is 19.8 Å². The van der Waals surface area contributed by atoms with Gasteiger partial charge in [-0.15, -0.1) is 11.3 Å². The number of carboxylic acid groups (broad SMARTS) is 2. The van der Waals surface area contributed by atoms with Crippen molar-refractivity contribution >= 4 is 39.2 Å². The Bertz CT molecular complexity index is 434. The van der Waals surface area contributed by atoms with Gasteiger partial charge in [-0.05, 0) is 35.5 Å². The van der Waals surface area contributed by atoms with E-state index in [0.29, 0.717) is 13.0 Å². The van der Waals surface area contributed by atoms with Crippen molar-refractivity contribution in [3.63, 3.8) is 0 Å². The van der Waals surface area contributed by atoms with Crippen LogP contribution in [0.2, 0.25) is 0 Å². The Morgan fingerprint density at radius 3 is 2.61 bits per heavy atom. The van der Waals surface area contributed by atoms with E-state index in [9.17, 15) is 9.59 Å². The number of rotatable bonds is 7. The average molecular weight is 336 g/mol. The summed E-state index contributed by atoms with van der Waals surface area (Å²) in [5, 5.41) is 19.6. The number of thiophene rings is 1. The molecule has 0 aliphatic carbocycles. The lowest BCUT2D eigenvalue weighted by Gasteiger charge is -2.22. The number of hydrogen-bond acceptors (Lipinski definition) is 4. The Morgan fingerprint density at radius 1 is 1.50 bits per heavy atom. The molecule has 0 aliphatic heterocycles. The number of aliphatic carboxylic acids is 2. The van der Waals surface area contributed by atoms with E-state index in [1.807, 2.05) is 11.4 Å². The molecule has 0 radical (unpaired) electrons. The highest BCUT2D eigenvalue weighted by atomic mass is 79.9. The van der Waals surface area contributed by atoms with Crippen molar-refractivity contribution in [2.75, 3.05) is 13.6 Å². The molecule has 0 fully saturated rings. The molecule has 0 saturated heterocycles. The molecule has 5 nitrogen and oxygen atoms in total. The summed E-state index contributed by atoms with van der Waals surface area (Å²) in [7, 11) is 1.63. The lowest BCUT2D eigenvalue weighted by atomic mass is 10.1. The normalized spacial score (nSPS) is 12.6. The third-order valence-electron chi connectivity index (χ3n) is 2.52. The molecule has 1 aromatic rings. The van der Waals surface area contributed by atoms with E-state index >= 15 is 0 Å². The summed E-state index contributed by atoms with van der Waals surface area (Å²) in [5.41, 5.74) is 0. The number of carbonyl (C=O) groups is 2. The Morgan fingerprint density at radius 2 is 2.17 bits per heavy atom. The molecule has 18 heavy (non-hydrogen) atoms. The summed E-state index contributed by atoms with van der Waals surface area (Å²) in [6, 6.07) is 0.997. The van der Waals surface area contributed by atoms with Gasteiger partial charge in [0.25, 0.3) is 0 Å². The number of carboxylic acids is 2. The fraction of sp³-hybridized carbons (Fsp3) is 0.455. The van der Waals surface area contributed by atoms with Gasteiger partial charge in [-0.2, -0.15) is 0 Å². The van der Waals surface area contributed by atoms with Gasteiger partial charge < -0.3 is 10.2 Å². The summed E-state index contributed by atoms with van der Waals surface area (Å²) < 4.78 is 1.01. The third-order valence-corrected chi connectivity index (χ3v) is 4.28. The summed E-state index contributed by atoms with van der Waals surface area (Å²) in [4.78, 5) is 24.3. The fourth-order valence-corrected chi connectivity index (χ4v) is 2.97. The topological polar surface area (TPSA) is 77.8 Å². The maximum atomic E-state index is 11.0. The first-order valence-corrected chi connectivity index (χ1v) is 6.95. The smallest absolute Gasteiger partial charge is 0.321 e. The highest BCUT2D eigenvalue weighted by Crippen LogP contribution is 2.20. The summed E-state index contributed by atoms with van der Waals surface area (Å²) in [5.74, 6) is -2.21. The van der Waals surface area contributed by atoms with Crippen molar-refractivity contribution in [3.05, 3.63) is 20.8 Å². The van der Waals surface area contributed by atoms with Crippen LogP contribution >= 0.6 is 27.3 Å². The first kappa shape index (κ1) is 15.1. The average Bonchev–Trinajstić information content (AvgIpc) is 2.68. The van der Waals surface area contributed by atoms with Gasteiger partial charge in [-0.3, -0.25) is 14.5 Å². The second-order valence-corrected chi connectivity index (χ2v) is 5.83. The number of likely N-dealkylation sites (N-methyl/N-ethyl adjacent to an activating group) is 1. The van der Waals surface area contributed by atoms with Crippen molar-refractivity contribution in [1.82, 2.24) is 4.90 Å². The number of nitrogens with zero attached hydrogens (tertiary/aromatic N) is 1. The quantitative estimate of drug-likeness (QED) is 0.795. The zero-order valence-electron chi connectivity index (χ0n) is 9.80. The number of halogens is 1. The molecule has 1 aromatic heterocycles. The molecule has 1 heterocycles. The Balaban J connectivity index is 2.53.